The van der Waals surface area contributed by atoms with E-state index in [0.717, 1.165) is 30.8 Å². The van der Waals surface area contributed by atoms with E-state index in [1.165, 1.54) is 0 Å². The smallest absolute Gasteiger partial charge is 0.122 e. The van der Waals surface area contributed by atoms with Crippen LogP contribution < -0.4 is 10.2 Å². The Hall–Kier alpha value is -1.48. The normalized spacial score (nSPS) is 12.2. The van der Waals surface area contributed by atoms with Gasteiger partial charge in [-0.25, -0.2) is 0 Å². The van der Waals surface area contributed by atoms with Gasteiger partial charge in [0.05, 0.1) is 0 Å². The van der Waals surface area contributed by atoms with Crippen LogP contribution >= 0.6 is 0 Å². The van der Waals surface area contributed by atoms with E-state index in [1.54, 1.807) is 0 Å². The van der Waals surface area contributed by atoms with Crippen LogP contribution in [0.4, 0.5) is 5.69 Å². The maximum absolute atomic E-state index is 10.1. The summed E-state index contributed by atoms with van der Waals surface area (Å²) in [5.74, 6) is 0.347. The van der Waals surface area contributed by atoms with Crippen LogP contribution in [-0.4, -0.2) is 25.2 Å². The van der Waals surface area contributed by atoms with Crippen molar-refractivity contribution < 1.29 is 5.11 Å². The molecule has 0 saturated heterocycles. The number of hydrogen-bond acceptors (Lipinski definition) is 3. The molecule has 0 spiro atoms. The Morgan fingerprint density at radius 3 is 2.72 bits per heavy atom. The highest BCUT2D eigenvalue weighted by atomic mass is 16.3. The molecule has 3 heteroatoms. The van der Waals surface area contributed by atoms with E-state index in [9.17, 15) is 5.11 Å². The predicted octanol–water partition coefficient (Wildman–Crippen LogP) is 3.08. The lowest BCUT2D eigenvalue weighted by atomic mass is 10.1. The molecule has 1 rings (SSSR count). The lowest BCUT2D eigenvalue weighted by Crippen LogP contribution is -2.24. The molecule has 0 aromatic heterocycles. The van der Waals surface area contributed by atoms with E-state index in [1.807, 2.05) is 32.2 Å². The van der Waals surface area contributed by atoms with Gasteiger partial charge in [0.15, 0.2) is 0 Å². The molecule has 2 N–H and O–H groups in total. The van der Waals surface area contributed by atoms with Crippen LogP contribution in [0, 0.1) is 0 Å². The van der Waals surface area contributed by atoms with Crippen LogP contribution in [0.25, 0.3) is 0 Å². The maximum atomic E-state index is 10.1. The fraction of sp³-hybridized carbons (Fsp3) is 0.467. The maximum Gasteiger partial charge on any atom is 0.122 e. The molecule has 0 aliphatic carbocycles. The van der Waals surface area contributed by atoms with Gasteiger partial charge < -0.3 is 15.3 Å². The van der Waals surface area contributed by atoms with E-state index >= 15 is 0 Å². The summed E-state index contributed by atoms with van der Waals surface area (Å²) in [7, 11) is 1.89. The summed E-state index contributed by atoms with van der Waals surface area (Å²) in [5.41, 5.74) is 1.97. The van der Waals surface area contributed by atoms with Crippen molar-refractivity contribution in [1.29, 1.82) is 0 Å². The Bertz CT molecular complexity index is 390. The van der Waals surface area contributed by atoms with E-state index in [0.29, 0.717) is 5.75 Å². The van der Waals surface area contributed by atoms with Gasteiger partial charge in [-0.3, -0.25) is 0 Å². The SMILES string of the molecule is C=CCN(CCC)c1ccc(C(C)NC)c(O)c1. The second-order valence-corrected chi connectivity index (χ2v) is 4.49. The first-order chi connectivity index (χ1) is 8.63. The van der Waals surface area contributed by atoms with Crippen LogP contribution in [0.1, 0.15) is 31.9 Å². The minimum Gasteiger partial charge on any atom is -0.508 e. The molecule has 0 radical (unpaired) electrons. The molecule has 0 bridgehead atoms. The van der Waals surface area contributed by atoms with Gasteiger partial charge in [-0.05, 0) is 26.5 Å². The average molecular weight is 248 g/mol. The summed E-state index contributed by atoms with van der Waals surface area (Å²) >= 11 is 0. The molecule has 1 unspecified atom stereocenters. The van der Waals surface area contributed by atoms with Gasteiger partial charge in [0.25, 0.3) is 0 Å². The van der Waals surface area contributed by atoms with Gasteiger partial charge in [-0.2, -0.15) is 0 Å². The van der Waals surface area contributed by atoms with Crippen LogP contribution in [0.2, 0.25) is 0 Å². The van der Waals surface area contributed by atoms with Crippen molar-refractivity contribution in [1.82, 2.24) is 5.32 Å². The third kappa shape index (κ3) is 3.50. The lowest BCUT2D eigenvalue weighted by molar-refractivity contribution is 0.458. The Morgan fingerprint density at radius 1 is 1.50 bits per heavy atom. The largest absolute Gasteiger partial charge is 0.508 e. The van der Waals surface area contributed by atoms with Crippen molar-refractivity contribution in [3.8, 4) is 5.75 Å². The minimum absolute atomic E-state index is 0.151. The summed E-state index contributed by atoms with van der Waals surface area (Å²) in [5, 5.41) is 13.2. The Morgan fingerprint density at radius 2 is 2.22 bits per heavy atom. The van der Waals surface area contributed by atoms with E-state index in [4.69, 9.17) is 0 Å². The van der Waals surface area contributed by atoms with Crippen molar-refractivity contribution in [2.24, 2.45) is 0 Å². The molecule has 18 heavy (non-hydrogen) atoms. The van der Waals surface area contributed by atoms with Crippen molar-refractivity contribution in [3.05, 3.63) is 36.4 Å². The number of nitrogens with zero attached hydrogens (tertiary/aromatic N) is 1. The third-order valence-electron chi connectivity index (χ3n) is 3.12. The van der Waals surface area contributed by atoms with Crippen LogP contribution in [0.15, 0.2) is 30.9 Å². The fourth-order valence-electron chi connectivity index (χ4n) is 2.00. The van der Waals surface area contributed by atoms with Crippen molar-refractivity contribution in [2.45, 2.75) is 26.3 Å². The summed E-state index contributed by atoms with van der Waals surface area (Å²) in [6.45, 7) is 9.72. The third-order valence-corrected chi connectivity index (χ3v) is 3.12. The second kappa shape index (κ2) is 7.07. The van der Waals surface area contributed by atoms with Crippen LogP contribution in [-0.2, 0) is 0 Å². The summed E-state index contributed by atoms with van der Waals surface area (Å²) in [6, 6.07) is 6.03. The van der Waals surface area contributed by atoms with Gasteiger partial charge in [0.1, 0.15) is 5.75 Å². The topological polar surface area (TPSA) is 35.5 Å². The number of aromatic hydroxyl groups is 1. The first kappa shape index (κ1) is 14.6. The lowest BCUT2D eigenvalue weighted by Gasteiger charge is -2.24. The summed E-state index contributed by atoms with van der Waals surface area (Å²) < 4.78 is 0. The average Bonchev–Trinajstić information content (AvgIpc) is 2.37. The number of rotatable bonds is 7. The first-order valence-electron chi connectivity index (χ1n) is 6.50. The molecule has 0 fully saturated rings. The number of hydrogen-bond donors (Lipinski definition) is 2. The van der Waals surface area contributed by atoms with Crippen molar-refractivity contribution >= 4 is 5.69 Å². The zero-order valence-electron chi connectivity index (χ0n) is 11.6. The van der Waals surface area contributed by atoms with Gasteiger partial charge in [-0.15, -0.1) is 6.58 Å². The quantitative estimate of drug-likeness (QED) is 0.728. The molecule has 3 nitrogen and oxygen atoms in total. The molecule has 1 atom stereocenters. The van der Waals surface area contributed by atoms with Gasteiger partial charge in [0.2, 0.25) is 0 Å². The zero-order valence-corrected chi connectivity index (χ0v) is 11.6. The number of phenols is 1. The fourth-order valence-corrected chi connectivity index (χ4v) is 2.00. The Kier molecular flexibility index (Phi) is 5.72. The highest BCUT2D eigenvalue weighted by molar-refractivity contribution is 5.54. The molecule has 0 heterocycles. The Balaban J connectivity index is 2.97. The van der Waals surface area contributed by atoms with Crippen LogP contribution in [0.3, 0.4) is 0 Å². The summed E-state index contributed by atoms with van der Waals surface area (Å²) in [4.78, 5) is 2.21. The number of phenolic OH excluding ortho intramolecular Hbond substituents is 1. The predicted molar refractivity (Wildman–Crippen MR) is 78.3 cm³/mol. The number of nitrogens with one attached hydrogen (secondary N) is 1. The number of benzene rings is 1. The second-order valence-electron chi connectivity index (χ2n) is 4.49. The first-order valence-corrected chi connectivity index (χ1v) is 6.50. The molecule has 0 aliphatic heterocycles. The molecule has 1 aromatic rings. The number of anilines is 1. The highest BCUT2D eigenvalue weighted by Gasteiger charge is 2.11. The van der Waals surface area contributed by atoms with E-state index < -0.39 is 0 Å². The molecular formula is C15H24N2O. The summed E-state index contributed by atoms with van der Waals surface area (Å²) in [6.07, 6.45) is 2.96. The van der Waals surface area contributed by atoms with Crippen LogP contribution in [0.5, 0.6) is 5.75 Å². The van der Waals surface area contributed by atoms with Crippen molar-refractivity contribution in [3.63, 3.8) is 0 Å². The van der Waals surface area contributed by atoms with Crippen molar-refractivity contribution in [2.75, 3.05) is 25.0 Å². The van der Waals surface area contributed by atoms with E-state index in [-0.39, 0.29) is 6.04 Å². The highest BCUT2D eigenvalue weighted by Crippen LogP contribution is 2.29. The monoisotopic (exact) mass is 248 g/mol. The Labute approximate surface area is 110 Å². The molecule has 0 saturated carbocycles. The van der Waals surface area contributed by atoms with Gasteiger partial charge in [0, 0.05) is 36.4 Å². The molecular weight excluding hydrogens is 224 g/mol. The van der Waals surface area contributed by atoms with Gasteiger partial charge >= 0.3 is 0 Å². The molecule has 0 amide bonds. The molecule has 0 aliphatic rings. The van der Waals surface area contributed by atoms with Gasteiger partial charge in [-0.1, -0.05) is 19.1 Å². The molecule has 100 valence electrons. The molecule has 1 aromatic carbocycles. The van der Waals surface area contributed by atoms with E-state index in [2.05, 4.69) is 29.8 Å². The standard InChI is InChI=1S/C15H24N2O/c1-5-9-17(10-6-2)13-7-8-14(12(3)16-4)15(18)11-13/h5,7-8,11-12,16,18H,1,6,9-10H2,2-4H3. The minimum atomic E-state index is 0.151. The zero-order chi connectivity index (χ0) is 13.5.